The summed E-state index contributed by atoms with van der Waals surface area (Å²) in [4.78, 5) is 0. The highest BCUT2D eigenvalue weighted by Gasteiger charge is 2.11. The quantitative estimate of drug-likeness (QED) is 0.737. The number of hydrogen-bond acceptors (Lipinski definition) is 2. The Morgan fingerprint density at radius 1 is 1.14 bits per heavy atom. The number of nitrogen functional groups attached to an aromatic ring is 1. The van der Waals surface area contributed by atoms with Gasteiger partial charge in [-0.25, -0.2) is 4.39 Å². The molecular weight excluding hydrogens is 267 g/mol. The molecule has 3 rings (SSSR count). The van der Waals surface area contributed by atoms with Crippen molar-refractivity contribution in [1.29, 1.82) is 0 Å². The Morgan fingerprint density at radius 3 is 2.71 bits per heavy atom. The number of nitrogens with zero attached hydrogens (tertiary/aromatic N) is 1. The SMILES string of the molecule is CCn1cc(COc2ccccc2F)c2cccc(N)c21. The third-order valence-electron chi connectivity index (χ3n) is 3.57. The molecule has 3 nitrogen and oxygen atoms in total. The zero-order valence-electron chi connectivity index (χ0n) is 11.8. The Kier molecular flexibility index (Phi) is 3.52. The Labute approximate surface area is 122 Å². The maximum Gasteiger partial charge on any atom is 0.165 e. The average molecular weight is 284 g/mol. The van der Waals surface area contributed by atoms with Gasteiger partial charge in [0.2, 0.25) is 0 Å². The number of halogens is 1. The van der Waals surface area contributed by atoms with Gasteiger partial charge in [0.05, 0.1) is 11.2 Å². The first-order chi connectivity index (χ1) is 10.2. The molecule has 0 aliphatic carbocycles. The van der Waals surface area contributed by atoms with E-state index in [0.29, 0.717) is 6.61 Å². The molecule has 0 saturated carbocycles. The second-order valence-electron chi connectivity index (χ2n) is 4.90. The summed E-state index contributed by atoms with van der Waals surface area (Å²) >= 11 is 0. The molecule has 2 N–H and O–H groups in total. The molecular formula is C17H17FN2O. The van der Waals surface area contributed by atoms with Crippen molar-refractivity contribution in [3.63, 3.8) is 0 Å². The zero-order valence-corrected chi connectivity index (χ0v) is 11.8. The number of hydrogen-bond donors (Lipinski definition) is 1. The van der Waals surface area contributed by atoms with Gasteiger partial charge in [-0.05, 0) is 25.1 Å². The van der Waals surface area contributed by atoms with Gasteiger partial charge >= 0.3 is 0 Å². The predicted octanol–water partition coefficient (Wildman–Crippen LogP) is 3.96. The Balaban J connectivity index is 1.95. The van der Waals surface area contributed by atoms with Crippen molar-refractivity contribution >= 4 is 16.6 Å². The summed E-state index contributed by atoms with van der Waals surface area (Å²) in [7, 11) is 0. The summed E-state index contributed by atoms with van der Waals surface area (Å²) in [5, 5.41) is 1.05. The number of ether oxygens (including phenoxy) is 1. The molecule has 4 heteroatoms. The fourth-order valence-electron chi connectivity index (χ4n) is 2.54. The van der Waals surface area contributed by atoms with Crippen molar-refractivity contribution < 1.29 is 9.13 Å². The molecule has 0 radical (unpaired) electrons. The topological polar surface area (TPSA) is 40.2 Å². The monoisotopic (exact) mass is 284 g/mol. The Morgan fingerprint density at radius 2 is 1.95 bits per heavy atom. The summed E-state index contributed by atoms with van der Waals surface area (Å²) in [6, 6.07) is 12.2. The van der Waals surface area contributed by atoms with Crippen molar-refractivity contribution in [3.05, 3.63) is 60.0 Å². The number of rotatable bonds is 4. The van der Waals surface area contributed by atoms with Crippen LogP contribution in [0.15, 0.2) is 48.7 Å². The molecule has 0 unspecified atom stereocenters. The number of nitrogens with two attached hydrogens (primary N) is 1. The molecule has 0 aliphatic heterocycles. The van der Waals surface area contributed by atoms with Crippen molar-refractivity contribution in [2.75, 3.05) is 5.73 Å². The normalized spacial score (nSPS) is 11.0. The molecule has 0 atom stereocenters. The summed E-state index contributed by atoms with van der Waals surface area (Å²) < 4.78 is 21.3. The first-order valence-corrected chi connectivity index (χ1v) is 6.94. The smallest absolute Gasteiger partial charge is 0.165 e. The van der Waals surface area contributed by atoms with Crippen LogP contribution in [0.4, 0.5) is 10.1 Å². The van der Waals surface area contributed by atoms with E-state index in [1.165, 1.54) is 6.07 Å². The highest BCUT2D eigenvalue weighted by atomic mass is 19.1. The minimum absolute atomic E-state index is 0.263. The fraction of sp³-hybridized carbons (Fsp3) is 0.176. The van der Waals surface area contributed by atoms with Crippen LogP contribution in [0.2, 0.25) is 0 Å². The summed E-state index contributed by atoms with van der Waals surface area (Å²) in [5.74, 6) is -0.0879. The standard InChI is InChI=1S/C17H17FN2O/c1-2-20-10-12(13-6-5-8-15(19)17(13)20)11-21-16-9-4-3-7-14(16)18/h3-10H,2,11,19H2,1H3. The van der Waals surface area contributed by atoms with Crippen LogP contribution in [0.5, 0.6) is 5.75 Å². The van der Waals surface area contributed by atoms with Crippen molar-refractivity contribution in [3.8, 4) is 5.75 Å². The van der Waals surface area contributed by atoms with E-state index < -0.39 is 0 Å². The number of anilines is 1. The summed E-state index contributed by atoms with van der Waals surface area (Å²) in [6.07, 6.45) is 2.02. The molecule has 21 heavy (non-hydrogen) atoms. The maximum absolute atomic E-state index is 13.6. The van der Waals surface area contributed by atoms with Gasteiger partial charge in [0.1, 0.15) is 6.61 Å². The molecule has 0 fully saturated rings. The van der Waals surface area contributed by atoms with E-state index in [-0.39, 0.29) is 11.6 Å². The summed E-state index contributed by atoms with van der Waals surface area (Å²) in [6.45, 7) is 3.20. The lowest BCUT2D eigenvalue weighted by Crippen LogP contribution is -1.97. The number of aryl methyl sites for hydroxylation is 1. The number of aromatic nitrogens is 1. The summed E-state index contributed by atoms with van der Waals surface area (Å²) in [5.41, 5.74) is 8.81. The van der Waals surface area contributed by atoms with Crippen LogP contribution in [-0.4, -0.2) is 4.57 Å². The van der Waals surface area contributed by atoms with Crippen LogP contribution in [0.25, 0.3) is 10.9 Å². The van der Waals surface area contributed by atoms with Gasteiger partial charge in [-0.3, -0.25) is 0 Å². The highest BCUT2D eigenvalue weighted by molar-refractivity contribution is 5.93. The Hall–Kier alpha value is -2.49. The number of fused-ring (bicyclic) bond motifs is 1. The van der Waals surface area contributed by atoms with E-state index in [1.807, 2.05) is 24.4 Å². The van der Waals surface area contributed by atoms with Gasteiger partial charge < -0.3 is 15.0 Å². The van der Waals surface area contributed by atoms with Gasteiger partial charge in [-0.2, -0.15) is 0 Å². The molecule has 0 aliphatic rings. The molecule has 0 spiro atoms. The van der Waals surface area contributed by atoms with E-state index in [9.17, 15) is 4.39 Å². The lowest BCUT2D eigenvalue weighted by atomic mass is 10.1. The second-order valence-corrected chi connectivity index (χ2v) is 4.90. The van der Waals surface area contributed by atoms with Crippen molar-refractivity contribution in [2.24, 2.45) is 0 Å². The molecule has 1 aromatic heterocycles. The van der Waals surface area contributed by atoms with E-state index in [1.54, 1.807) is 18.2 Å². The van der Waals surface area contributed by atoms with Crippen molar-refractivity contribution in [1.82, 2.24) is 4.57 Å². The minimum atomic E-state index is -0.351. The van der Waals surface area contributed by atoms with E-state index in [0.717, 1.165) is 28.7 Å². The van der Waals surface area contributed by atoms with Crippen LogP contribution < -0.4 is 10.5 Å². The van der Waals surface area contributed by atoms with Crippen LogP contribution >= 0.6 is 0 Å². The van der Waals surface area contributed by atoms with Gasteiger partial charge in [-0.15, -0.1) is 0 Å². The van der Waals surface area contributed by atoms with E-state index in [2.05, 4.69) is 11.5 Å². The minimum Gasteiger partial charge on any atom is -0.486 e. The first kappa shape index (κ1) is 13.5. The molecule has 0 saturated heterocycles. The molecule has 0 amide bonds. The van der Waals surface area contributed by atoms with Crippen molar-refractivity contribution in [2.45, 2.75) is 20.1 Å². The van der Waals surface area contributed by atoms with Crippen LogP contribution in [0.1, 0.15) is 12.5 Å². The average Bonchev–Trinajstić information content (AvgIpc) is 2.86. The van der Waals surface area contributed by atoms with Gasteiger partial charge in [-0.1, -0.05) is 24.3 Å². The third-order valence-corrected chi connectivity index (χ3v) is 3.57. The molecule has 2 aromatic carbocycles. The van der Waals surface area contributed by atoms with Gasteiger partial charge in [0.15, 0.2) is 11.6 Å². The Bertz CT molecular complexity index is 780. The van der Waals surface area contributed by atoms with Gasteiger partial charge in [0, 0.05) is 23.7 Å². The maximum atomic E-state index is 13.6. The van der Waals surface area contributed by atoms with Gasteiger partial charge in [0.25, 0.3) is 0 Å². The fourth-order valence-corrected chi connectivity index (χ4v) is 2.54. The largest absolute Gasteiger partial charge is 0.486 e. The molecule has 0 bridgehead atoms. The number of benzene rings is 2. The zero-order chi connectivity index (χ0) is 14.8. The molecule has 3 aromatic rings. The second kappa shape index (κ2) is 5.48. The predicted molar refractivity (Wildman–Crippen MR) is 82.8 cm³/mol. The van der Waals surface area contributed by atoms with Crippen LogP contribution in [-0.2, 0) is 13.2 Å². The van der Waals surface area contributed by atoms with Crippen LogP contribution in [0, 0.1) is 5.82 Å². The van der Waals surface area contributed by atoms with E-state index >= 15 is 0 Å². The molecule has 1 heterocycles. The molecule has 108 valence electrons. The third kappa shape index (κ3) is 2.44. The first-order valence-electron chi connectivity index (χ1n) is 6.94. The van der Waals surface area contributed by atoms with E-state index in [4.69, 9.17) is 10.5 Å². The lowest BCUT2D eigenvalue weighted by molar-refractivity contribution is 0.291. The lowest BCUT2D eigenvalue weighted by Gasteiger charge is -2.06. The van der Waals surface area contributed by atoms with Crippen LogP contribution in [0.3, 0.4) is 0 Å². The highest BCUT2D eigenvalue weighted by Crippen LogP contribution is 2.27. The number of para-hydroxylation sites is 2.